The van der Waals surface area contributed by atoms with E-state index in [0.29, 0.717) is 0 Å². The zero-order chi connectivity index (χ0) is 15.2. The van der Waals surface area contributed by atoms with Crippen molar-refractivity contribution in [2.24, 2.45) is 0 Å². The van der Waals surface area contributed by atoms with Crippen LogP contribution in [0.5, 0.6) is 0 Å². The van der Waals surface area contributed by atoms with Gasteiger partial charge in [-0.1, -0.05) is 54.4 Å². The predicted molar refractivity (Wildman–Crippen MR) is 92.4 cm³/mol. The van der Waals surface area contributed by atoms with Crippen molar-refractivity contribution < 1.29 is 0 Å². The van der Waals surface area contributed by atoms with Crippen molar-refractivity contribution in [3.05, 3.63) is 69.2 Å². The molecule has 1 N–H and O–H groups in total. The first-order valence-corrected chi connectivity index (χ1v) is 8.09. The molecule has 1 nitrogen and oxygen atoms in total. The molecule has 0 saturated heterocycles. The van der Waals surface area contributed by atoms with Crippen LogP contribution in [0, 0.1) is 6.92 Å². The third kappa shape index (κ3) is 4.74. The Morgan fingerprint density at radius 1 is 1.05 bits per heavy atom. The Morgan fingerprint density at radius 3 is 2.38 bits per heavy atom. The first-order chi connectivity index (χ1) is 10.1. The van der Waals surface area contributed by atoms with Crippen LogP contribution in [0.15, 0.2) is 42.5 Å². The molecule has 0 saturated carbocycles. The highest BCUT2D eigenvalue weighted by Gasteiger charge is 2.13. The monoisotopic (exact) mass is 321 g/mol. The van der Waals surface area contributed by atoms with E-state index >= 15 is 0 Å². The molecule has 2 aromatic carbocycles. The number of hydrogen-bond donors (Lipinski definition) is 1. The van der Waals surface area contributed by atoms with Crippen LogP contribution < -0.4 is 5.32 Å². The molecule has 0 heterocycles. The first-order valence-electron chi connectivity index (χ1n) is 7.34. The van der Waals surface area contributed by atoms with E-state index in [4.69, 9.17) is 23.2 Å². The number of hydrogen-bond acceptors (Lipinski definition) is 1. The van der Waals surface area contributed by atoms with Gasteiger partial charge in [-0.25, -0.2) is 0 Å². The van der Waals surface area contributed by atoms with Gasteiger partial charge in [-0.3, -0.25) is 0 Å². The molecular weight excluding hydrogens is 301 g/mol. The van der Waals surface area contributed by atoms with E-state index in [1.165, 1.54) is 16.7 Å². The molecule has 0 aliphatic rings. The van der Waals surface area contributed by atoms with E-state index in [0.717, 1.165) is 29.4 Å². The minimum absolute atomic E-state index is 0.252. The van der Waals surface area contributed by atoms with Gasteiger partial charge in [0.15, 0.2) is 0 Å². The first kappa shape index (κ1) is 16.4. The molecule has 0 radical (unpaired) electrons. The van der Waals surface area contributed by atoms with Crippen molar-refractivity contribution in [1.29, 1.82) is 0 Å². The number of nitrogens with one attached hydrogen (secondary N) is 1. The summed E-state index contributed by atoms with van der Waals surface area (Å²) in [7, 11) is 0. The highest BCUT2D eigenvalue weighted by atomic mass is 35.5. The Morgan fingerprint density at radius 2 is 1.76 bits per heavy atom. The van der Waals surface area contributed by atoms with E-state index < -0.39 is 0 Å². The summed E-state index contributed by atoms with van der Waals surface area (Å²) in [5.74, 6) is 0. The lowest BCUT2D eigenvalue weighted by Gasteiger charge is -2.20. The average molecular weight is 322 g/mol. The molecule has 0 fully saturated rings. The van der Waals surface area contributed by atoms with Gasteiger partial charge >= 0.3 is 0 Å². The van der Waals surface area contributed by atoms with Gasteiger partial charge in [-0.05, 0) is 61.2 Å². The van der Waals surface area contributed by atoms with Gasteiger partial charge in [-0.2, -0.15) is 0 Å². The highest BCUT2D eigenvalue weighted by molar-refractivity contribution is 6.31. The molecule has 3 heteroatoms. The topological polar surface area (TPSA) is 12.0 Å². The van der Waals surface area contributed by atoms with Gasteiger partial charge < -0.3 is 5.32 Å². The lowest BCUT2D eigenvalue weighted by atomic mass is 9.98. The SMILES string of the molecule is CCCNC(Cc1ccc(C)cc1Cl)c1ccc(Cl)cc1. The summed E-state index contributed by atoms with van der Waals surface area (Å²) in [4.78, 5) is 0. The third-order valence-electron chi connectivity index (χ3n) is 3.55. The van der Waals surface area contributed by atoms with Crippen molar-refractivity contribution in [2.45, 2.75) is 32.7 Å². The van der Waals surface area contributed by atoms with Gasteiger partial charge in [-0.15, -0.1) is 0 Å². The van der Waals surface area contributed by atoms with Gasteiger partial charge in [0.2, 0.25) is 0 Å². The fourth-order valence-electron chi connectivity index (χ4n) is 2.36. The number of aryl methyl sites for hydroxylation is 1. The Bertz CT molecular complexity index is 578. The van der Waals surface area contributed by atoms with Crippen LogP contribution in [-0.4, -0.2) is 6.54 Å². The fourth-order valence-corrected chi connectivity index (χ4v) is 2.80. The van der Waals surface area contributed by atoms with Crippen molar-refractivity contribution >= 4 is 23.2 Å². The molecule has 21 heavy (non-hydrogen) atoms. The fraction of sp³-hybridized carbons (Fsp3) is 0.333. The van der Waals surface area contributed by atoms with Crippen LogP contribution in [0.1, 0.15) is 36.1 Å². The minimum atomic E-state index is 0.252. The summed E-state index contributed by atoms with van der Waals surface area (Å²) < 4.78 is 0. The van der Waals surface area contributed by atoms with Crippen LogP contribution in [0.2, 0.25) is 10.0 Å². The van der Waals surface area contributed by atoms with Gasteiger partial charge in [0, 0.05) is 16.1 Å². The molecule has 1 unspecified atom stereocenters. The Kier molecular flexibility index (Phi) is 6.10. The number of halogens is 2. The zero-order valence-electron chi connectivity index (χ0n) is 12.5. The second-order valence-electron chi connectivity index (χ2n) is 5.36. The van der Waals surface area contributed by atoms with Crippen LogP contribution >= 0.6 is 23.2 Å². The zero-order valence-corrected chi connectivity index (χ0v) is 14.0. The van der Waals surface area contributed by atoms with E-state index in [-0.39, 0.29) is 6.04 Å². The van der Waals surface area contributed by atoms with Gasteiger partial charge in [0.25, 0.3) is 0 Å². The normalized spacial score (nSPS) is 12.4. The lowest BCUT2D eigenvalue weighted by Crippen LogP contribution is -2.24. The van der Waals surface area contributed by atoms with E-state index in [1.54, 1.807) is 0 Å². The molecule has 0 aliphatic carbocycles. The van der Waals surface area contributed by atoms with Crippen molar-refractivity contribution in [3.63, 3.8) is 0 Å². The van der Waals surface area contributed by atoms with Crippen molar-refractivity contribution in [1.82, 2.24) is 5.32 Å². The average Bonchev–Trinajstić information content (AvgIpc) is 2.46. The molecule has 0 aliphatic heterocycles. The molecule has 0 bridgehead atoms. The molecule has 112 valence electrons. The van der Waals surface area contributed by atoms with Crippen LogP contribution in [0.25, 0.3) is 0 Å². The summed E-state index contributed by atoms with van der Waals surface area (Å²) in [5.41, 5.74) is 3.60. The highest BCUT2D eigenvalue weighted by Crippen LogP contribution is 2.25. The predicted octanol–water partition coefficient (Wildman–Crippen LogP) is 5.59. The third-order valence-corrected chi connectivity index (χ3v) is 4.15. The largest absolute Gasteiger partial charge is 0.310 e. The van der Waals surface area contributed by atoms with Gasteiger partial charge in [0.05, 0.1) is 0 Å². The maximum atomic E-state index is 6.37. The maximum absolute atomic E-state index is 6.37. The molecule has 0 aromatic heterocycles. The Hall–Kier alpha value is -1.02. The van der Waals surface area contributed by atoms with Gasteiger partial charge in [0.1, 0.15) is 0 Å². The van der Waals surface area contributed by atoms with Crippen LogP contribution in [-0.2, 0) is 6.42 Å². The standard InChI is InChI=1S/C18H21Cl2N/c1-3-10-21-18(14-6-8-16(19)9-7-14)12-15-5-4-13(2)11-17(15)20/h4-9,11,18,21H,3,10,12H2,1-2H3. The van der Waals surface area contributed by atoms with Crippen molar-refractivity contribution in [2.75, 3.05) is 6.54 Å². The second kappa shape index (κ2) is 7.84. The summed E-state index contributed by atoms with van der Waals surface area (Å²) in [6.07, 6.45) is 1.98. The molecule has 1 atom stereocenters. The molecule has 2 rings (SSSR count). The van der Waals surface area contributed by atoms with E-state index in [9.17, 15) is 0 Å². The molecular formula is C18H21Cl2N. The maximum Gasteiger partial charge on any atom is 0.0441 e. The summed E-state index contributed by atoms with van der Waals surface area (Å²) in [5, 5.41) is 5.20. The molecule has 0 spiro atoms. The summed E-state index contributed by atoms with van der Waals surface area (Å²) >= 11 is 12.4. The molecule has 0 amide bonds. The summed E-state index contributed by atoms with van der Waals surface area (Å²) in [6.45, 7) is 5.21. The smallest absolute Gasteiger partial charge is 0.0441 e. The lowest BCUT2D eigenvalue weighted by molar-refractivity contribution is 0.529. The van der Waals surface area contributed by atoms with E-state index in [1.807, 2.05) is 18.2 Å². The number of rotatable bonds is 6. The second-order valence-corrected chi connectivity index (χ2v) is 6.20. The Balaban J connectivity index is 2.21. The summed E-state index contributed by atoms with van der Waals surface area (Å²) in [6, 6.07) is 14.5. The van der Waals surface area contributed by atoms with Crippen LogP contribution in [0.3, 0.4) is 0 Å². The Labute approximate surface area is 137 Å². The minimum Gasteiger partial charge on any atom is -0.310 e. The molecule has 2 aromatic rings. The van der Waals surface area contributed by atoms with Crippen molar-refractivity contribution in [3.8, 4) is 0 Å². The quantitative estimate of drug-likeness (QED) is 0.731. The number of benzene rings is 2. The van der Waals surface area contributed by atoms with Crippen LogP contribution in [0.4, 0.5) is 0 Å². The van der Waals surface area contributed by atoms with E-state index in [2.05, 4.69) is 43.4 Å².